The van der Waals surface area contributed by atoms with Crippen LogP contribution in [0.3, 0.4) is 0 Å². The first-order valence-corrected chi connectivity index (χ1v) is 9.29. The zero-order chi connectivity index (χ0) is 19.9. The number of aromatic nitrogens is 2. The smallest absolute Gasteiger partial charge is 0.255 e. The molecule has 28 heavy (non-hydrogen) atoms. The first kappa shape index (κ1) is 19.9. The number of nitrogens with one attached hydrogen (secondary N) is 1. The summed E-state index contributed by atoms with van der Waals surface area (Å²) >= 11 is 0. The second kappa shape index (κ2) is 9.34. The van der Waals surface area contributed by atoms with Crippen molar-refractivity contribution in [2.45, 2.75) is 32.2 Å². The molecule has 1 aromatic heterocycles. The van der Waals surface area contributed by atoms with E-state index in [1.54, 1.807) is 11.0 Å². The van der Waals surface area contributed by atoms with Crippen LogP contribution in [0.2, 0.25) is 0 Å². The van der Waals surface area contributed by atoms with Gasteiger partial charge in [-0.1, -0.05) is 6.07 Å². The molecule has 0 radical (unpaired) electrons. The van der Waals surface area contributed by atoms with Crippen LogP contribution in [0.4, 0.5) is 8.78 Å². The number of halogens is 2. The molecule has 1 aliphatic rings. The van der Waals surface area contributed by atoms with Gasteiger partial charge >= 0.3 is 0 Å². The lowest BCUT2D eigenvalue weighted by atomic mass is 9.93. The molecule has 1 N–H and O–H groups in total. The average Bonchev–Trinajstić information content (AvgIpc) is 2.73. The van der Waals surface area contributed by atoms with Gasteiger partial charge in [0.25, 0.3) is 5.91 Å². The topological polar surface area (TPSA) is 75.2 Å². The van der Waals surface area contributed by atoms with Crippen LogP contribution >= 0.6 is 0 Å². The Kier molecular flexibility index (Phi) is 6.62. The zero-order valence-electron chi connectivity index (χ0n) is 15.4. The number of carbonyl (C=O) groups excluding carboxylic acids is 2. The van der Waals surface area contributed by atoms with Crippen molar-refractivity contribution < 1.29 is 18.4 Å². The maximum Gasteiger partial charge on any atom is 0.255 e. The average molecular weight is 388 g/mol. The number of hydrogen-bond donors (Lipinski definition) is 1. The van der Waals surface area contributed by atoms with Crippen molar-refractivity contribution >= 4 is 11.8 Å². The third kappa shape index (κ3) is 5.31. The van der Waals surface area contributed by atoms with E-state index in [1.165, 1.54) is 18.5 Å². The van der Waals surface area contributed by atoms with E-state index in [1.807, 2.05) is 0 Å². The summed E-state index contributed by atoms with van der Waals surface area (Å²) in [5.74, 6) is -1.80. The Balaban J connectivity index is 1.44. The standard InChI is InChI=1S/C20H22F2N4O2/c21-17-5-3-15(10-18(17)22)11-23-19(27)6-4-14-2-1-9-26(13-14)20(28)16-7-8-24-25-12-16/h3,5,7-8,10,12,14H,1-2,4,6,9,11,13H2,(H,23,27)/t14-/m1/s1. The van der Waals surface area contributed by atoms with Crippen LogP contribution in [0, 0.1) is 17.6 Å². The Labute approximate surface area is 162 Å². The van der Waals surface area contributed by atoms with Crippen molar-refractivity contribution in [1.29, 1.82) is 0 Å². The fourth-order valence-corrected chi connectivity index (χ4v) is 3.36. The molecule has 2 amide bonds. The van der Waals surface area contributed by atoms with Crippen LogP contribution in [0.1, 0.15) is 41.6 Å². The first-order chi connectivity index (χ1) is 13.5. The normalized spacial score (nSPS) is 16.6. The minimum Gasteiger partial charge on any atom is -0.352 e. The van der Waals surface area contributed by atoms with Crippen LogP contribution in [0.15, 0.2) is 36.7 Å². The highest BCUT2D eigenvalue weighted by atomic mass is 19.2. The number of nitrogens with zero attached hydrogens (tertiary/aromatic N) is 3. The molecule has 1 aromatic carbocycles. The van der Waals surface area contributed by atoms with Gasteiger partial charge in [-0.3, -0.25) is 9.59 Å². The molecule has 1 aliphatic heterocycles. The molecule has 1 atom stereocenters. The van der Waals surface area contributed by atoms with Crippen LogP contribution in [0.5, 0.6) is 0 Å². The van der Waals surface area contributed by atoms with Crippen LogP contribution in [-0.2, 0) is 11.3 Å². The SMILES string of the molecule is O=C(CC[C@H]1CCCN(C(=O)c2ccnnc2)C1)NCc1ccc(F)c(F)c1. The number of rotatable bonds is 6. The molecule has 148 valence electrons. The Morgan fingerprint density at radius 2 is 2.04 bits per heavy atom. The van der Waals surface area contributed by atoms with Gasteiger partial charge in [-0.2, -0.15) is 10.2 Å². The van der Waals surface area contributed by atoms with Crippen molar-refractivity contribution in [3.8, 4) is 0 Å². The summed E-state index contributed by atoms with van der Waals surface area (Å²) in [6.07, 6.45) is 5.80. The highest BCUT2D eigenvalue weighted by molar-refractivity contribution is 5.93. The molecule has 2 aromatic rings. The van der Waals surface area contributed by atoms with E-state index in [2.05, 4.69) is 15.5 Å². The molecule has 0 unspecified atom stereocenters. The molecule has 8 heteroatoms. The van der Waals surface area contributed by atoms with Crippen molar-refractivity contribution in [3.63, 3.8) is 0 Å². The Morgan fingerprint density at radius 3 is 2.79 bits per heavy atom. The number of hydrogen-bond acceptors (Lipinski definition) is 4. The van der Waals surface area contributed by atoms with Crippen LogP contribution in [0.25, 0.3) is 0 Å². The van der Waals surface area contributed by atoms with Crippen LogP contribution in [-0.4, -0.2) is 40.0 Å². The van der Waals surface area contributed by atoms with E-state index < -0.39 is 11.6 Å². The van der Waals surface area contributed by atoms with Crippen LogP contribution < -0.4 is 5.32 Å². The largest absolute Gasteiger partial charge is 0.352 e. The molecular weight excluding hydrogens is 366 g/mol. The number of amides is 2. The molecule has 1 saturated heterocycles. The predicted molar refractivity (Wildman–Crippen MR) is 98.1 cm³/mol. The maximum absolute atomic E-state index is 13.2. The monoisotopic (exact) mass is 388 g/mol. The van der Waals surface area contributed by atoms with Crippen molar-refractivity contribution in [2.75, 3.05) is 13.1 Å². The Hall–Kier alpha value is -2.90. The third-order valence-corrected chi connectivity index (χ3v) is 4.89. The summed E-state index contributed by atoms with van der Waals surface area (Å²) in [7, 11) is 0. The van der Waals surface area contributed by atoms with Gasteiger partial charge in [0, 0.05) is 26.1 Å². The van der Waals surface area contributed by atoms with Gasteiger partial charge in [0.05, 0.1) is 18.0 Å². The lowest BCUT2D eigenvalue weighted by molar-refractivity contribution is -0.121. The lowest BCUT2D eigenvalue weighted by Gasteiger charge is -2.32. The quantitative estimate of drug-likeness (QED) is 0.826. The maximum atomic E-state index is 13.2. The lowest BCUT2D eigenvalue weighted by Crippen LogP contribution is -2.40. The second-order valence-corrected chi connectivity index (χ2v) is 6.95. The summed E-state index contributed by atoms with van der Waals surface area (Å²) in [6, 6.07) is 5.21. The highest BCUT2D eigenvalue weighted by Gasteiger charge is 2.25. The number of likely N-dealkylation sites (tertiary alicyclic amines) is 1. The molecule has 0 aliphatic carbocycles. The van der Waals surface area contributed by atoms with Gasteiger partial charge < -0.3 is 10.2 Å². The minimum absolute atomic E-state index is 0.0672. The minimum atomic E-state index is -0.928. The van der Waals surface area contributed by atoms with E-state index >= 15 is 0 Å². The number of carbonyl (C=O) groups is 2. The third-order valence-electron chi connectivity index (χ3n) is 4.89. The summed E-state index contributed by atoms with van der Waals surface area (Å²) < 4.78 is 26.1. The molecule has 1 fully saturated rings. The summed E-state index contributed by atoms with van der Waals surface area (Å²) in [6.45, 7) is 1.46. The summed E-state index contributed by atoms with van der Waals surface area (Å²) in [4.78, 5) is 26.4. The summed E-state index contributed by atoms with van der Waals surface area (Å²) in [5.41, 5.74) is 1.02. The number of piperidine rings is 1. The van der Waals surface area contributed by atoms with Gasteiger partial charge in [-0.15, -0.1) is 0 Å². The molecule has 6 nitrogen and oxygen atoms in total. The van der Waals surface area contributed by atoms with E-state index in [9.17, 15) is 18.4 Å². The number of benzene rings is 1. The van der Waals surface area contributed by atoms with Gasteiger partial charge in [-0.25, -0.2) is 8.78 Å². The van der Waals surface area contributed by atoms with E-state index in [4.69, 9.17) is 0 Å². The molecular formula is C20H22F2N4O2. The highest BCUT2D eigenvalue weighted by Crippen LogP contribution is 2.22. The molecule has 3 rings (SSSR count). The molecule has 0 bridgehead atoms. The van der Waals surface area contributed by atoms with Crippen molar-refractivity contribution in [3.05, 3.63) is 59.4 Å². The Morgan fingerprint density at radius 1 is 1.18 bits per heavy atom. The fourth-order valence-electron chi connectivity index (χ4n) is 3.36. The van der Waals surface area contributed by atoms with Crippen molar-refractivity contribution in [2.24, 2.45) is 5.92 Å². The molecule has 0 spiro atoms. The van der Waals surface area contributed by atoms with Gasteiger partial charge in [0.2, 0.25) is 5.91 Å². The first-order valence-electron chi connectivity index (χ1n) is 9.29. The van der Waals surface area contributed by atoms with E-state index in [0.29, 0.717) is 37.1 Å². The van der Waals surface area contributed by atoms with E-state index in [0.717, 1.165) is 25.0 Å². The Bertz CT molecular complexity index is 832. The molecule has 2 heterocycles. The summed E-state index contributed by atoms with van der Waals surface area (Å²) in [5, 5.41) is 10.1. The van der Waals surface area contributed by atoms with Crippen molar-refractivity contribution in [1.82, 2.24) is 20.4 Å². The van der Waals surface area contributed by atoms with Gasteiger partial charge in [-0.05, 0) is 48.9 Å². The zero-order valence-corrected chi connectivity index (χ0v) is 15.4. The van der Waals surface area contributed by atoms with Gasteiger partial charge in [0.1, 0.15) is 0 Å². The predicted octanol–water partition coefficient (Wildman–Crippen LogP) is 2.70. The second-order valence-electron chi connectivity index (χ2n) is 6.95. The van der Waals surface area contributed by atoms with E-state index in [-0.39, 0.29) is 24.3 Å². The van der Waals surface area contributed by atoms with Gasteiger partial charge in [0.15, 0.2) is 11.6 Å². The fraction of sp³-hybridized carbons (Fsp3) is 0.400. The molecule has 0 saturated carbocycles.